The van der Waals surface area contributed by atoms with Crippen LogP contribution in [0.1, 0.15) is 105 Å². The molecule has 8 heteroatoms. The number of rotatable bonds is 10. The molecule has 3 aromatic rings. The van der Waals surface area contributed by atoms with Crippen molar-refractivity contribution in [2.75, 3.05) is 19.0 Å². The molecule has 3 aromatic carbocycles. The number of aliphatic hydroxyl groups excluding tert-OH is 1. The van der Waals surface area contributed by atoms with Crippen LogP contribution in [-0.2, 0) is 30.5 Å². The first-order valence-electron chi connectivity index (χ1n) is 18.8. The maximum atomic E-state index is 13.7. The minimum absolute atomic E-state index is 0.0136. The number of benzene rings is 3. The van der Waals surface area contributed by atoms with Crippen molar-refractivity contribution < 1.29 is 33.8 Å². The van der Waals surface area contributed by atoms with Crippen molar-refractivity contribution in [2.45, 2.75) is 89.9 Å². The van der Waals surface area contributed by atoms with E-state index in [1.54, 1.807) is 49.4 Å². The number of fused-ring (bicyclic) bond motifs is 4. The third-order valence-electron chi connectivity index (χ3n) is 12.7. The van der Waals surface area contributed by atoms with E-state index in [1.807, 2.05) is 26.2 Å². The molecule has 53 heavy (non-hydrogen) atoms. The van der Waals surface area contributed by atoms with Gasteiger partial charge in [-0.15, -0.1) is 0 Å². The van der Waals surface area contributed by atoms with Crippen molar-refractivity contribution >= 4 is 29.0 Å². The third kappa shape index (κ3) is 6.25. The van der Waals surface area contributed by atoms with Gasteiger partial charge in [0.1, 0.15) is 12.7 Å². The molecule has 0 aliphatic heterocycles. The second-order valence-corrected chi connectivity index (χ2v) is 15.7. The van der Waals surface area contributed by atoms with Crippen LogP contribution in [0.15, 0.2) is 101 Å². The number of hydrogen-bond donors (Lipinski definition) is 1. The van der Waals surface area contributed by atoms with Crippen LogP contribution in [0.4, 0.5) is 5.69 Å². The van der Waals surface area contributed by atoms with Gasteiger partial charge >= 0.3 is 5.97 Å². The lowest BCUT2D eigenvalue weighted by molar-refractivity contribution is -0.182. The van der Waals surface area contributed by atoms with Crippen LogP contribution >= 0.6 is 0 Å². The summed E-state index contributed by atoms with van der Waals surface area (Å²) in [6, 6.07) is 24.5. The molecule has 7 rings (SSSR count). The van der Waals surface area contributed by atoms with Crippen LogP contribution in [0, 0.1) is 17.3 Å². The van der Waals surface area contributed by atoms with Gasteiger partial charge in [-0.2, -0.15) is 0 Å². The monoisotopic (exact) mass is 715 g/mol. The number of hydrogen-bond acceptors (Lipinski definition) is 8. The van der Waals surface area contributed by atoms with E-state index >= 15 is 0 Å². The van der Waals surface area contributed by atoms with E-state index in [2.05, 4.69) is 36.1 Å². The number of carbonyl (C=O) groups is 4. The summed E-state index contributed by atoms with van der Waals surface area (Å²) in [5, 5.41) is 10.9. The number of anilines is 1. The average molecular weight is 716 g/mol. The van der Waals surface area contributed by atoms with Gasteiger partial charge in [0.25, 0.3) is 0 Å². The fourth-order valence-electron chi connectivity index (χ4n) is 10.2. The van der Waals surface area contributed by atoms with Gasteiger partial charge in [0.2, 0.25) is 0 Å². The van der Waals surface area contributed by atoms with Crippen LogP contribution in [0.5, 0.6) is 0 Å². The second-order valence-electron chi connectivity index (χ2n) is 15.7. The van der Waals surface area contributed by atoms with E-state index in [0.717, 1.165) is 29.7 Å². The molecule has 0 saturated heterocycles. The van der Waals surface area contributed by atoms with E-state index < -0.39 is 28.9 Å². The van der Waals surface area contributed by atoms with Crippen molar-refractivity contribution in [3.63, 3.8) is 0 Å². The zero-order chi connectivity index (χ0) is 37.7. The molecule has 2 fully saturated rings. The first-order valence-corrected chi connectivity index (χ1v) is 18.8. The van der Waals surface area contributed by atoms with E-state index in [4.69, 9.17) is 9.47 Å². The number of carbonyl (C=O) groups excluding carboxylic acids is 4. The summed E-state index contributed by atoms with van der Waals surface area (Å²) in [6.45, 7) is 5.14. The van der Waals surface area contributed by atoms with Crippen LogP contribution in [0.2, 0.25) is 0 Å². The first kappa shape index (κ1) is 36.5. The number of ketones is 3. The Morgan fingerprint density at radius 2 is 1.58 bits per heavy atom. The highest BCUT2D eigenvalue weighted by Gasteiger charge is 2.67. The summed E-state index contributed by atoms with van der Waals surface area (Å²) in [5.74, 6) is -0.414. The Morgan fingerprint density at radius 1 is 0.887 bits per heavy atom. The van der Waals surface area contributed by atoms with Crippen LogP contribution in [0.3, 0.4) is 0 Å². The van der Waals surface area contributed by atoms with Crippen molar-refractivity contribution in [3.8, 4) is 0 Å². The molecule has 276 valence electrons. The molecule has 6 atom stereocenters. The molecule has 0 aromatic heterocycles. The number of allylic oxidation sites excluding steroid dienone is 4. The van der Waals surface area contributed by atoms with E-state index in [1.165, 1.54) is 18.1 Å². The minimum Gasteiger partial charge on any atom is -0.485 e. The zero-order valence-electron chi connectivity index (χ0n) is 31.3. The third-order valence-corrected chi connectivity index (χ3v) is 12.7. The van der Waals surface area contributed by atoms with E-state index in [9.17, 15) is 24.3 Å². The van der Waals surface area contributed by atoms with E-state index in [0.29, 0.717) is 54.6 Å². The van der Waals surface area contributed by atoms with Gasteiger partial charge in [-0.1, -0.05) is 79.2 Å². The van der Waals surface area contributed by atoms with Gasteiger partial charge < -0.3 is 19.5 Å². The van der Waals surface area contributed by atoms with Crippen LogP contribution in [-0.4, -0.2) is 48.1 Å². The zero-order valence-corrected chi connectivity index (χ0v) is 31.3. The lowest BCUT2D eigenvalue weighted by atomic mass is 9.50. The van der Waals surface area contributed by atoms with Gasteiger partial charge in [-0.3, -0.25) is 19.2 Å². The highest BCUT2D eigenvalue weighted by Crippen LogP contribution is 2.68. The summed E-state index contributed by atoms with van der Waals surface area (Å²) >= 11 is 0. The van der Waals surface area contributed by atoms with Gasteiger partial charge in [-0.05, 0) is 86.1 Å². The van der Waals surface area contributed by atoms with Crippen molar-refractivity contribution in [1.29, 1.82) is 0 Å². The molecule has 1 unspecified atom stereocenters. The number of Topliss-reactive ketones (excluding diaryl/α,β-unsaturated/α-hetero) is 3. The first-order chi connectivity index (χ1) is 25.4. The Labute approximate surface area is 311 Å². The van der Waals surface area contributed by atoms with Gasteiger partial charge in [0.15, 0.2) is 28.7 Å². The lowest BCUT2D eigenvalue weighted by Crippen LogP contribution is -2.57. The molecule has 1 N–H and O–H groups in total. The molecule has 0 spiro atoms. The SMILES string of the molecule is CC(=O)O[C@]1(C(C)=O)CC[C@H]2[C@@H]3CCC4=C(OCc5ccccc5C(=O)C(O)c5ccccc5)C(=O)CCC4=C3[C@@H](c3ccc(N(C)C)cc3)C[C@@]21C. The topological polar surface area (TPSA) is 110 Å². The Balaban J connectivity index is 1.28. The second kappa shape index (κ2) is 14.2. The largest absolute Gasteiger partial charge is 0.485 e. The minimum atomic E-state index is -1.32. The molecule has 0 radical (unpaired) electrons. The maximum absolute atomic E-state index is 13.7. The average Bonchev–Trinajstić information content (AvgIpc) is 3.45. The summed E-state index contributed by atoms with van der Waals surface area (Å²) < 4.78 is 12.6. The molecule has 4 aliphatic carbocycles. The van der Waals surface area contributed by atoms with Gasteiger partial charge in [0, 0.05) is 61.2 Å². The molecule has 8 nitrogen and oxygen atoms in total. The number of esters is 1. The number of ether oxygens (including phenoxy) is 2. The Kier molecular flexibility index (Phi) is 9.79. The highest BCUT2D eigenvalue weighted by molar-refractivity contribution is 6.01. The smallest absolute Gasteiger partial charge is 0.303 e. The van der Waals surface area contributed by atoms with Crippen LogP contribution < -0.4 is 4.90 Å². The summed E-state index contributed by atoms with van der Waals surface area (Å²) in [7, 11) is 4.03. The quantitative estimate of drug-likeness (QED) is 0.166. The highest BCUT2D eigenvalue weighted by atomic mass is 16.6. The normalized spacial score (nSPS) is 27.0. The molecule has 2 saturated carbocycles. The molecule has 4 aliphatic rings. The number of aliphatic hydroxyl groups is 1. The van der Waals surface area contributed by atoms with Crippen molar-refractivity contribution in [2.24, 2.45) is 17.3 Å². The Hall–Kier alpha value is -4.82. The predicted octanol–water partition coefficient (Wildman–Crippen LogP) is 8.00. The predicted molar refractivity (Wildman–Crippen MR) is 202 cm³/mol. The molecule has 0 heterocycles. The van der Waals surface area contributed by atoms with Crippen molar-refractivity contribution in [1.82, 2.24) is 0 Å². The Morgan fingerprint density at radius 3 is 2.26 bits per heavy atom. The summed E-state index contributed by atoms with van der Waals surface area (Å²) in [4.78, 5) is 55.4. The van der Waals surface area contributed by atoms with Gasteiger partial charge in [0.05, 0.1) is 0 Å². The fraction of sp³-hybridized carbons (Fsp3) is 0.422. The molecular weight excluding hydrogens is 666 g/mol. The maximum Gasteiger partial charge on any atom is 0.303 e. The molecular formula is C45H49NO7. The summed E-state index contributed by atoms with van der Waals surface area (Å²) in [5.41, 5.74) is 5.37. The Bertz CT molecular complexity index is 2010. The molecule has 0 bridgehead atoms. The van der Waals surface area contributed by atoms with Gasteiger partial charge in [-0.25, -0.2) is 0 Å². The molecule has 0 amide bonds. The van der Waals surface area contributed by atoms with Crippen LogP contribution in [0.25, 0.3) is 0 Å². The number of nitrogens with zero attached hydrogens (tertiary/aromatic N) is 1. The lowest BCUT2D eigenvalue weighted by Gasteiger charge is -2.55. The fourth-order valence-corrected chi connectivity index (χ4v) is 10.2. The van der Waals surface area contributed by atoms with E-state index in [-0.39, 0.29) is 35.9 Å². The van der Waals surface area contributed by atoms with Crippen molar-refractivity contribution in [3.05, 3.63) is 124 Å². The standard InChI is InChI=1S/C45H49NO7/c1-27(47)45(53-28(2)48)24-23-38-36-20-19-35-34(40(36)37(25-44(38,45)3)29-15-17-32(18-16-29)46(4)5)21-22-39(49)43(35)52-26-31-13-9-10-14-33(31)42(51)41(50)30-11-7-6-8-12-30/h6-18,36-38,41,50H,19-26H2,1-5H3/t36-,37+,38-,41?,44-,45-/m0/s1. The summed E-state index contributed by atoms with van der Waals surface area (Å²) in [6.07, 6.45) is 2.96.